The van der Waals surface area contributed by atoms with Crippen LogP contribution in [0.1, 0.15) is 0 Å². The number of fused-ring (bicyclic) bond motifs is 12. The molecule has 141 heavy (non-hydrogen) atoms. The fourth-order valence-electron chi connectivity index (χ4n) is 19.3. The number of aromatic nitrogens is 9. The van der Waals surface area contributed by atoms with Crippen molar-refractivity contribution in [2.75, 3.05) is 0 Å². The van der Waals surface area contributed by atoms with Crippen molar-refractivity contribution in [1.82, 2.24) is 44.9 Å². The molecular weight excluding hydrogens is 1770 g/mol. The summed E-state index contributed by atoms with van der Waals surface area (Å²) in [5.74, 6) is 5.87. The zero-order valence-corrected chi connectivity index (χ0v) is 78.5. The van der Waals surface area contributed by atoms with E-state index in [0.717, 1.165) is 99.4 Å². The molecule has 0 aliphatic carbocycles. The van der Waals surface area contributed by atoms with Gasteiger partial charge in [0.05, 0.1) is 0 Å². The lowest BCUT2D eigenvalue weighted by Gasteiger charge is -2.13. The Morgan fingerprint density at radius 3 is 0.660 bits per heavy atom. The van der Waals surface area contributed by atoms with E-state index < -0.39 is 0 Å². The summed E-state index contributed by atoms with van der Waals surface area (Å²) in [6, 6.07) is 172. The van der Waals surface area contributed by atoms with Crippen LogP contribution in [0.25, 0.3) is 262 Å². The molecule has 0 N–H and O–H groups in total. The second kappa shape index (κ2) is 37.3. The minimum absolute atomic E-state index is 0.648. The van der Waals surface area contributed by atoms with E-state index in [1.165, 1.54) is 110 Å². The van der Waals surface area contributed by atoms with Gasteiger partial charge in [-0.05, 0) is 172 Å². The topological polar surface area (TPSA) is 116 Å². The van der Waals surface area contributed by atoms with Crippen LogP contribution in [0.15, 0.2) is 491 Å². The summed E-state index contributed by atoms with van der Waals surface area (Å²) in [5, 5.41) is 14.7. The van der Waals surface area contributed by atoms with E-state index in [9.17, 15) is 0 Å². The van der Waals surface area contributed by atoms with Gasteiger partial charge in [0, 0.05) is 111 Å². The van der Waals surface area contributed by atoms with Crippen LogP contribution in [0.4, 0.5) is 0 Å². The van der Waals surface area contributed by atoms with E-state index in [1.807, 2.05) is 119 Å². The molecule has 27 rings (SSSR count). The first-order chi connectivity index (χ1) is 69.8. The lowest BCUT2D eigenvalue weighted by Crippen LogP contribution is -2.01. The SMILES string of the molecule is c1ccc(-c2ccc(-c3nc(-c4ccccc4)nc(-c4ccc(-c5ccc6c(c5)sc5ccccc56)c5ccccc45)n3)cc2)cc1.c1ccc(-c2cccc(-c3nc(-c4ccccc4)nc(-c4ccc(-c5ccc6c(c5)sc5ccccc56)c5ccccc45)n3)c2)cc1.c1ccc(-c2cccc(-c3nc(-c4ccccc4)nc(-c4ccc(-c5ccc6sc7ccccc7c6c5)c5ccccc45)n3)c2)cc1. The number of nitrogens with zero attached hydrogens (tertiary/aromatic N) is 9. The van der Waals surface area contributed by atoms with Gasteiger partial charge in [0.2, 0.25) is 0 Å². The molecule has 27 aromatic rings. The van der Waals surface area contributed by atoms with Crippen LogP contribution < -0.4 is 0 Å². The molecule has 0 saturated carbocycles. The molecule has 6 heterocycles. The Hall–Kier alpha value is -17.9. The van der Waals surface area contributed by atoms with Crippen molar-refractivity contribution in [2.45, 2.75) is 0 Å². The summed E-state index contributed by atoms with van der Waals surface area (Å²) in [7, 11) is 0. The van der Waals surface area contributed by atoms with Crippen molar-refractivity contribution in [3.05, 3.63) is 491 Å². The van der Waals surface area contributed by atoms with Crippen LogP contribution in [0.2, 0.25) is 0 Å². The maximum Gasteiger partial charge on any atom is 0.164 e. The molecule has 0 fully saturated rings. The summed E-state index contributed by atoms with van der Waals surface area (Å²) in [5.41, 5.74) is 22.7. The van der Waals surface area contributed by atoms with Crippen molar-refractivity contribution in [3.63, 3.8) is 0 Å². The van der Waals surface area contributed by atoms with Gasteiger partial charge in [-0.2, -0.15) is 0 Å². The Labute approximate surface area is 825 Å². The van der Waals surface area contributed by atoms with Gasteiger partial charge in [-0.15, -0.1) is 34.0 Å². The van der Waals surface area contributed by atoms with Crippen LogP contribution in [0.5, 0.6) is 0 Å². The van der Waals surface area contributed by atoms with E-state index in [-0.39, 0.29) is 0 Å². The van der Waals surface area contributed by atoms with Gasteiger partial charge in [0.25, 0.3) is 0 Å². The van der Waals surface area contributed by atoms with E-state index in [1.54, 1.807) is 0 Å². The first kappa shape index (κ1) is 84.8. The molecule has 0 saturated heterocycles. The molecule has 9 nitrogen and oxygen atoms in total. The molecule has 0 unspecified atom stereocenters. The van der Waals surface area contributed by atoms with Crippen LogP contribution >= 0.6 is 34.0 Å². The van der Waals surface area contributed by atoms with Gasteiger partial charge in [-0.25, -0.2) is 44.9 Å². The van der Waals surface area contributed by atoms with Gasteiger partial charge in [0.15, 0.2) is 52.4 Å². The normalized spacial score (nSPS) is 11.4. The van der Waals surface area contributed by atoms with Crippen molar-refractivity contribution in [3.8, 4) is 169 Å². The highest BCUT2D eigenvalue weighted by molar-refractivity contribution is 7.26. The highest BCUT2D eigenvalue weighted by Crippen LogP contribution is 2.46. The number of hydrogen-bond donors (Lipinski definition) is 0. The molecule has 660 valence electrons. The summed E-state index contributed by atoms with van der Waals surface area (Å²) < 4.78 is 7.84. The Morgan fingerprint density at radius 2 is 0.305 bits per heavy atom. The van der Waals surface area contributed by atoms with E-state index in [2.05, 4.69) is 406 Å². The number of hydrogen-bond acceptors (Lipinski definition) is 12. The minimum Gasteiger partial charge on any atom is -0.208 e. The monoisotopic (exact) mass is 1850 g/mol. The lowest BCUT2D eigenvalue weighted by molar-refractivity contribution is 1.08. The maximum atomic E-state index is 5.13. The Bertz CT molecular complexity index is 9420. The van der Waals surface area contributed by atoms with Gasteiger partial charge in [-0.3, -0.25) is 0 Å². The molecule has 0 radical (unpaired) electrons. The average Bonchev–Trinajstić information content (AvgIpc) is 1.75. The molecule has 12 heteroatoms. The van der Waals surface area contributed by atoms with Gasteiger partial charge >= 0.3 is 0 Å². The smallest absolute Gasteiger partial charge is 0.164 e. The zero-order chi connectivity index (χ0) is 93.5. The first-order valence-electron chi connectivity index (χ1n) is 47.1. The molecular formula is C129H81N9S3. The Balaban J connectivity index is 0.000000111. The lowest BCUT2D eigenvalue weighted by atomic mass is 9.94. The summed E-state index contributed by atoms with van der Waals surface area (Å²) in [6.07, 6.45) is 0. The number of thiophene rings is 3. The molecule has 0 bridgehead atoms. The fourth-order valence-corrected chi connectivity index (χ4v) is 22.7. The van der Waals surface area contributed by atoms with Gasteiger partial charge in [0.1, 0.15) is 0 Å². The largest absolute Gasteiger partial charge is 0.208 e. The molecule has 6 aromatic heterocycles. The first-order valence-corrected chi connectivity index (χ1v) is 49.5. The second-order valence-electron chi connectivity index (χ2n) is 34.9. The third-order valence-electron chi connectivity index (χ3n) is 26.3. The highest BCUT2D eigenvalue weighted by atomic mass is 32.1. The molecule has 0 spiro atoms. The quantitative estimate of drug-likeness (QED) is 0.0989. The van der Waals surface area contributed by atoms with Crippen molar-refractivity contribution >= 4 is 127 Å². The highest BCUT2D eigenvalue weighted by Gasteiger charge is 2.24. The number of benzene rings is 21. The summed E-state index contributed by atoms with van der Waals surface area (Å²) >= 11 is 5.54. The summed E-state index contributed by atoms with van der Waals surface area (Å²) in [4.78, 5) is 45.6. The van der Waals surface area contributed by atoms with E-state index in [0.29, 0.717) is 52.4 Å². The Morgan fingerprint density at radius 1 is 0.0993 bits per heavy atom. The van der Waals surface area contributed by atoms with Crippen LogP contribution in [-0.2, 0) is 0 Å². The predicted molar refractivity (Wildman–Crippen MR) is 592 cm³/mol. The van der Waals surface area contributed by atoms with Crippen LogP contribution in [0, 0.1) is 0 Å². The Kier molecular flexibility index (Phi) is 22.4. The average molecular weight is 1850 g/mol. The van der Waals surface area contributed by atoms with Crippen molar-refractivity contribution in [1.29, 1.82) is 0 Å². The molecule has 0 amide bonds. The van der Waals surface area contributed by atoms with Crippen molar-refractivity contribution < 1.29 is 0 Å². The summed E-state index contributed by atoms with van der Waals surface area (Å²) in [6.45, 7) is 0. The fraction of sp³-hybridized carbons (Fsp3) is 0. The van der Waals surface area contributed by atoms with Gasteiger partial charge < -0.3 is 0 Å². The van der Waals surface area contributed by atoms with Crippen LogP contribution in [0.3, 0.4) is 0 Å². The third kappa shape index (κ3) is 16.8. The van der Waals surface area contributed by atoms with E-state index in [4.69, 9.17) is 44.9 Å². The third-order valence-corrected chi connectivity index (χ3v) is 29.7. The molecule has 0 atom stereocenters. The molecule has 0 aliphatic rings. The van der Waals surface area contributed by atoms with E-state index >= 15 is 0 Å². The minimum atomic E-state index is 0.648. The standard InChI is InChI=1S/3C43H27N3S/c1-3-12-28(13-4-1)30-16-11-17-32(26-30)42-44-41(29-14-5-2-6-15-29)45-43(46-42)37-24-23-33(34-18-7-8-19-35(34)37)31-22-25-40-38(27-31)36-20-9-10-21-39(36)47-40;1-3-12-28(13-4-1)30-16-11-17-32(26-30)42-44-41(29-14-5-2-6-15-29)45-43(46-42)38-25-24-33(34-18-7-8-19-35(34)38)31-22-23-37-36-20-9-10-21-39(36)47-40(37)27-31;1-3-11-28(12-4-1)29-19-21-31(22-20-29)42-44-41(30-13-5-2-6-14-30)45-43(46-42)38-26-25-33(34-15-7-8-16-35(34)38)32-23-24-37-36-17-9-10-18-39(36)47-40(37)27-32/h3*1-27H. The van der Waals surface area contributed by atoms with Gasteiger partial charge in [-0.1, -0.05) is 419 Å². The predicted octanol–water partition coefficient (Wildman–Crippen LogP) is 35.2. The second-order valence-corrected chi connectivity index (χ2v) is 38.2. The number of rotatable bonds is 15. The zero-order valence-electron chi connectivity index (χ0n) is 76.0. The van der Waals surface area contributed by atoms with Crippen molar-refractivity contribution in [2.24, 2.45) is 0 Å². The molecule has 0 aliphatic heterocycles. The maximum absolute atomic E-state index is 5.13. The molecule has 21 aromatic carbocycles. The van der Waals surface area contributed by atoms with Crippen LogP contribution in [-0.4, -0.2) is 44.9 Å².